The number of methoxy groups -OCH3 is 1. The number of imidazole rings is 1. The molecule has 0 saturated carbocycles. The van der Waals surface area contributed by atoms with Gasteiger partial charge in [0.1, 0.15) is 5.75 Å². The average molecular weight is 534 g/mol. The van der Waals surface area contributed by atoms with E-state index in [0.29, 0.717) is 6.04 Å². The van der Waals surface area contributed by atoms with E-state index in [-0.39, 0.29) is 24.0 Å². The number of hydrogen-bond donors (Lipinski definition) is 2. The summed E-state index contributed by atoms with van der Waals surface area (Å²) in [7, 11) is 3.55. The smallest absolute Gasteiger partial charge is 0.191 e. The molecule has 2 N–H and O–H groups in total. The molecule has 0 radical (unpaired) electrons. The Labute approximate surface area is 200 Å². The van der Waals surface area contributed by atoms with Gasteiger partial charge in [-0.3, -0.25) is 4.99 Å². The number of nitrogens with zero attached hydrogens (tertiary/aromatic N) is 4. The standard InChI is InChI=1S/C23H30N6O.HI/c1-24-23(25-13-7-14-29-17-26-19-8-3-4-9-20(19)29)27-18-12-15-28(16-18)21-10-5-6-11-22(21)30-2;/h3-6,8-11,17-18H,7,12-16H2,1-2H3,(H2,24,25,27);1H. The first-order valence-electron chi connectivity index (χ1n) is 10.5. The number of nitrogens with one attached hydrogen (secondary N) is 2. The van der Waals surface area contributed by atoms with Crippen LogP contribution in [-0.2, 0) is 6.54 Å². The topological polar surface area (TPSA) is 66.7 Å². The molecular formula is C23H31IN6O. The molecule has 2 aromatic carbocycles. The maximum atomic E-state index is 5.51. The van der Waals surface area contributed by atoms with Crippen LogP contribution in [0, 0.1) is 0 Å². The van der Waals surface area contributed by atoms with Crippen LogP contribution in [0.3, 0.4) is 0 Å². The molecule has 0 amide bonds. The van der Waals surface area contributed by atoms with Crippen molar-refractivity contribution in [3.8, 4) is 5.75 Å². The fourth-order valence-electron chi connectivity index (χ4n) is 4.02. The number of fused-ring (bicyclic) bond motifs is 1. The van der Waals surface area contributed by atoms with E-state index < -0.39 is 0 Å². The van der Waals surface area contributed by atoms with Crippen molar-refractivity contribution in [3.05, 3.63) is 54.9 Å². The lowest BCUT2D eigenvalue weighted by Gasteiger charge is -2.22. The molecule has 7 nitrogen and oxygen atoms in total. The van der Waals surface area contributed by atoms with Crippen molar-refractivity contribution in [1.29, 1.82) is 0 Å². The monoisotopic (exact) mass is 534 g/mol. The quantitative estimate of drug-likeness (QED) is 0.210. The average Bonchev–Trinajstić information content (AvgIpc) is 3.43. The molecule has 1 aliphatic heterocycles. The van der Waals surface area contributed by atoms with Gasteiger partial charge in [-0.05, 0) is 37.1 Å². The first-order chi connectivity index (χ1) is 14.8. The van der Waals surface area contributed by atoms with Gasteiger partial charge in [-0.25, -0.2) is 4.98 Å². The summed E-state index contributed by atoms with van der Waals surface area (Å²) in [6, 6.07) is 16.8. The van der Waals surface area contributed by atoms with Crippen LogP contribution >= 0.6 is 24.0 Å². The third-order valence-corrected chi connectivity index (χ3v) is 5.57. The summed E-state index contributed by atoms with van der Waals surface area (Å²) in [5, 5.41) is 7.01. The number of rotatable bonds is 7. The van der Waals surface area contributed by atoms with Crippen molar-refractivity contribution in [2.24, 2.45) is 4.99 Å². The van der Waals surface area contributed by atoms with E-state index in [1.165, 1.54) is 5.52 Å². The van der Waals surface area contributed by atoms with Crippen LogP contribution in [0.15, 0.2) is 59.9 Å². The molecule has 1 unspecified atom stereocenters. The SMILES string of the molecule is CN=C(NCCCn1cnc2ccccc21)NC1CCN(c2ccccc2OC)C1.I. The Hall–Kier alpha value is -2.49. The third-order valence-electron chi connectivity index (χ3n) is 5.57. The van der Waals surface area contributed by atoms with E-state index in [0.717, 1.165) is 61.9 Å². The Kier molecular flexibility index (Phi) is 8.39. The summed E-state index contributed by atoms with van der Waals surface area (Å²) in [5.41, 5.74) is 3.38. The molecule has 1 fully saturated rings. The number of benzene rings is 2. The fraction of sp³-hybridized carbons (Fsp3) is 0.391. The van der Waals surface area contributed by atoms with Gasteiger partial charge in [0.05, 0.1) is 30.2 Å². The van der Waals surface area contributed by atoms with E-state index in [4.69, 9.17) is 4.74 Å². The number of anilines is 1. The molecule has 31 heavy (non-hydrogen) atoms. The Morgan fingerprint density at radius 2 is 2.00 bits per heavy atom. The van der Waals surface area contributed by atoms with Crippen molar-refractivity contribution in [2.45, 2.75) is 25.4 Å². The highest BCUT2D eigenvalue weighted by molar-refractivity contribution is 14.0. The second kappa shape index (κ2) is 11.2. The second-order valence-corrected chi connectivity index (χ2v) is 7.53. The molecule has 166 valence electrons. The molecule has 2 heterocycles. The van der Waals surface area contributed by atoms with Crippen LogP contribution in [0.1, 0.15) is 12.8 Å². The van der Waals surface area contributed by atoms with Gasteiger partial charge >= 0.3 is 0 Å². The van der Waals surface area contributed by atoms with Crippen molar-refractivity contribution >= 4 is 46.7 Å². The summed E-state index contributed by atoms with van der Waals surface area (Å²) >= 11 is 0. The zero-order valence-electron chi connectivity index (χ0n) is 18.1. The van der Waals surface area contributed by atoms with Crippen LogP contribution in [0.2, 0.25) is 0 Å². The third kappa shape index (κ3) is 5.61. The van der Waals surface area contributed by atoms with Crippen LogP contribution in [0.5, 0.6) is 5.75 Å². The van der Waals surface area contributed by atoms with Crippen LogP contribution in [0.4, 0.5) is 5.69 Å². The number of para-hydroxylation sites is 4. The number of halogens is 1. The summed E-state index contributed by atoms with van der Waals surface area (Å²) < 4.78 is 7.72. The minimum absolute atomic E-state index is 0. The zero-order valence-corrected chi connectivity index (χ0v) is 20.5. The van der Waals surface area contributed by atoms with Gasteiger partial charge in [0.15, 0.2) is 5.96 Å². The molecule has 1 atom stereocenters. The van der Waals surface area contributed by atoms with Crippen molar-refractivity contribution in [1.82, 2.24) is 20.2 Å². The van der Waals surface area contributed by atoms with Gasteiger partial charge in [-0.15, -0.1) is 24.0 Å². The highest BCUT2D eigenvalue weighted by Crippen LogP contribution is 2.30. The number of hydrogen-bond acceptors (Lipinski definition) is 4. The van der Waals surface area contributed by atoms with Gasteiger partial charge < -0.3 is 24.8 Å². The number of aliphatic imine (C=N–C) groups is 1. The van der Waals surface area contributed by atoms with Crippen LogP contribution in [0.25, 0.3) is 11.0 Å². The van der Waals surface area contributed by atoms with E-state index in [2.05, 4.69) is 54.3 Å². The maximum absolute atomic E-state index is 5.51. The normalized spacial score (nSPS) is 16.3. The van der Waals surface area contributed by atoms with E-state index in [1.807, 2.05) is 37.6 Å². The maximum Gasteiger partial charge on any atom is 0.191 e. The molecule has 0 bridgehead atoms. The molecule has 1 saturated heterocycles. The summed E-state index contributed by atoms with van der Waals surface area (Å²) in [6.45, 7) is 3.72. The lowest BCUT2D eigenvalue weighted by atomic mass is 10.2. The van der Waals surface area contributed by atoms with Gasteiger partial charge in [0, 0.05) is 39.3 Å². The van der Waals surface area contributed by atoms with Gasteiger partial charge in [0.2, 0.25) is 0 Å². The van der Waals surface area contributed by atoms with Crippen molar-refractivity contribution in [2.75, 3.05) is 38.7 Å². The molecule has 1 aromatic heterocycles. The van der Waals surface area contributed by atoms with Crippen molar-refractivity contribution < 1.29 is 4.74 Å². The minimum atomic E-state index is 0. The van der Waals surface area contributed by atoms with Crippen LogP contribution < -0.4 is 20.3 Å². The molecule has 8 heteroatoms. The Morgan fingerprint density at radius 3 is 2.84 bits per heavy atom. The first kappa shape index (κ1) is 23.2. The molecule has 0 aliphatic carbocycles. The highest BCUT2D eigenvalue weighted by atomic mass is 127. The van der Waals surface area contributed by atoms with Gasteiger partial charge in [-0.1, -0.05) is 24.3 Å². The fourth-order valence-corrected chi connectivity index (χ4v) is 4.02. The lowest BCUT2D eigenvalue weighted by Crippen LogP contribution is -2.45. The molecule has 1 aliphatic rings. The summed E-state index contributed by atoms with van der Waals surface area (Å²) in [4.78, 5) is 11.2. The Balaban J connectivity index is 0.00000272. The zero-order chi connectivity index (χ0) is 20.8. The minimum Gasteiger partial charge on any atom is -0.495 e. The largest absolute Gasteiger partial charge is 0.495 e. The highest BCUT2D eigenvalue weighted by Gasteiger charge is 2.25. The Morgan fingerprint density at radius 1 is 1.19 bits per heavy atom. The summed E-state index contributed by atoms with van der Waals surface area (Å²) in [5.74, 6) is 1.78. The van der Waals surface area contributed by atoms with E-state index in [1.54, 1.807) is 7.11 Å². The Bertz CT molecular complexity index is 1000. The first-order valence-corrected chi connectivity index (χ1v) is 10.5. The second-order valence-electron chi connectivity index (χ2n) is 7.53. The number of guanidine groups is 1. The van der Waals surface area contributed by atoms with E-state index >= 15 is 0 Å². The number of aryl methyl sites for hydroxylation is 1. The van der Waals surface area contributed by atoms with Crippen LogP contribution in [-0.4, -0.2) is 55.3 Å². The summed E-state index contributed by atoms with van der Waals surface area (Å²) in [6.07, 6.45) is 3.99. The lowest BCUT2D eigenvalue weighted by molar-refractivity contribution is 0.415. The number of ether oxygens (including phenoxy) is 1. The van der Waals surface area contributed by atoms with E-state index in [9.17, 15) is 0 Å². The van der Waals surface area contributed by atoms with Gasteiger partial charge in [-0.2, -0.15) is 0 Å². The molecule has 3 aromatic rings. The predicted octanol–water partition coefficient (Wildman–Crippen LogP) is 3.50. The predicted molar refractivity (Wildman–Crippen MR) is 138 cm³/mol. The number of aromatic nitrogens is 2. The molecular weight excluding hydrogens is 503 g/mol. The van der Waals surface area contributed by atoms with Gasteiger partial charge in [0.25, 0.3) is 0 Å². The van der Waals surface area contributed by atoms with Crippen molar-refractivity contribution in [3.63, 3.8) is 0 Å². The molecule has 4 rings (SSSR count). The molecule has 0 spiro atoms.